The second kappa shape index (κ2) is 6.41. The molecule has 0 fully saturated rings. The fourth-order valence-corrected chi connectivity index (χ4v) is 3.27. The van der Waals surface area contributed by atoms with Gasteiger partial charge in [-0.3, -0.25) is 13.9 Å². The van der Waals surface area contributed by atoms with E-state index in [2.05, 4.69) is 30.6 Å². The highest BCUT2D eigenvalue weighted by molar-refractivity contribution is 7.10. The Balaban J connectivity index is 2.23. The second-order valence-corrected chi connectivity index (χ2v) is 6.47. The molecular weight excluding hydrogens is 286 g/mol. The number of nitrogens with one attached hydrogen (secondary N) is 1. The van der Waals surface area contributed by atoms with Gasteiger partial charge in [0.05, 0.1) is 0 Å². The van der Waals surface area contributed by atoms with E-state index in [1.807, 2.05) is 6.07 Å². The molecule has 0 aromatic carbocycles. The van der Waals surface area contributed by atoms with Gasteiger partial charge in [-0.25, -0.2) is 4.79 Å². The van der Waals surface area contributed by atoms with Gasteiger partial charge in [0.25, 0.3) is 5.56 Å². The highest BCUT2D eigenvalue weighted by atomic mass is 32.1. The monoisotopic (exact) mass is 307 g/mol. The van der Waals surface area contributed by atoms with Gasteiger partial charge in [-0.1, -0.05) is 19.9 Å². The third-order valence-corrected chi connectivity index (χ3v) is 4.60. The number of rotatable bonds is 5. The van der Waals surface area contributed by atoms with Crippen LogP contribution in [0.4, 0.5) is 0 Å². The van der Waals surface area contributed by atoms with E-state index in [1.165, 1.54) is 22.6 Å². The minimum Gasteiger partial charge on any atom is -0.303 e. The number of hydrogen-bond acceptors (Lipinski definition) is 4. The van der Waals surface area contributed by atoms with E-state index in [9.17, 15) is 9.59 Å². The third kappa shape index (κ3) is 3.33. The van der Waals surface area contributed by atoms with Gasteiger partial charge in [-0.2, -0.15) is 0 Å². The molecule has 2 aromatic rings. The first-order valence-electron chi connectivity index (χ1n) is 6.94. The van der Waals surface area contributed by atoms with Crippen LogP contribution < -0.4 is 16.6 Å². The molecule has 2 aromatic heterocycles. The van der Waals surface area contributed by atoms with Gasteiger partial charge >= 0.3 is 5.69 Å². The predicted octanol–water partition coefficient (Wildman–Crippen LogP) is 1.63. The normalized spacial score (nSPS) is 12.8. The van der Waals surface area contributed by atoms with E-state index >= 15 is 0 Å². The third-order valence-electron chi connectivity index (χ3n) is 3.64. The zero-order chi connectivity index (χ0) is 15.6. The summed E-state index contributed by atoms with van der Waals surface area (Å²) in [4.78, 5) is 24.9. The number of aromatic nitrogens is 2. The first-order chi connectivity index (χ1) is 9.91. The predicted molar refractivity (Wildman–Crippen MR) is 85.7 cm³/mol. The van der Waals surface area contributed by atoms with Crippen LogP contribution in [0.2, 0.25) is 0 Å². The van der Waals surface area contributed by atoms with E-state index in [0.29, 0.717) is 18.2 Å². The summed E-state index contributed by atoms with van der Waals surface area (Å²) >= 11 is 1.71. The number of nitrogens with zero attached hydrogens (tertiary/aromatic N) is 2. The first-order valence-corrected chi connectivity index (χ1v) is 7.82. The van der Waals surface area contributed by atoms with Crippen LogP contribution in [0.1, 0.15) is 30.5 Å². The summed E-state index contributed by atoms with van der Waals surface area (Å²) in [5.74, 6) is 0.423. The Hall–Kier alpha value is -1.66. The fourth-order valence-electron chi connectivity index (χ4n) is 2.30. The number of hydrogen-bond donors (Lipinski definition) is 1. The van der Waals surface area contributed by atoms with Gasteiger partial charge in [-0.05, 0) is 17.4 Å². The summed E-state index contributed by atoms with van der Waals surface area (Å²) in [7, 11) is 3.18. The van der Waals surface area contributed by atoms with Gasteiger partial charge < -0.3 is 5.32 Å². The van der Waals surface area contributed by atoms with Crippen LogP contribution in [0.25, 0.3) is 0 Å². The molecule has 6 heteroatoms. The van der Waals surface area contributed by atoms with Crippen molar-refractivity contribution in [3.05, 3.63) is 55.0 Å². The van der Waals surface area contributed by atoms with E-state index in [4.69, 9.17) is 0 Å². The van der Waals surface area contributed by atoms with Crippen LogP contribution in [0.15, 0.2) is 33.2 Å². The summed E-state index contributed by atoms with van der Waals surface area (Å²) in [6, 6.07) is 5.86. The maximum atomic E-state index is 11.9. The maximum Gasteiger partial charge on any atom is 0.330 e. The molecule has 2 rings (SSSR count). The van der Waals surface area contributed by atoms with Crippen molar-refractivity contribution in [2.45, 2.75) is 26.4 Å². The molecule has 0 aliphatic carbocycles. The molecule has 0 aliphatic rings. The Kier molecular flexibility index (Phi) is 4.80. The summed E-state index contributed by atoms with van der Waals surface area (Å²) in [6.07, 6.45) is 0. The molecule has 0 saturated heterocycles. The van der Waals surface area contributed by atoms with E-state index in [0.717, 1.165) is 4.57 Å². The van der Waals surface area contributed by atoms with Crippen LogP contribution in [-0.2, 0) is 20.6 Å². The smallest absolute Gasteiger partial charge is 0.303 e. The molecule has 1 atom stereocenters. The summed E-state index contributed by atoms with van der Waals surface area (Å²) in [5, 5.41) is 5.51. The zero-order valence-corrected chi connectivity index (χ0v) is 13.6. The molecule has 0 saturated carbocycles. The van der Waals surface area contributed by atoms with E-state index in [1.54, 1.807) is 18.4 Å². The van der Waals surface area contributed by atoms with Crippen molar-refractivity contribution in [3.8, 4) is 0 Å². The quantitative estimate of drug-likeness (QED) is 0.913. The average molecular weight is 307 g/mol. The van der Waals surface area contributed by atoms with Crippen LogP contribution in [0.5, 0.6) is 0 Å². The van der Waals surface area contributed by atoms with Crippen molar-refractivity contribution in [1.29, 1.82) is 0 Å². The summed E-state index contributed by atoms with van der Waals surface area (Å²) in [6.45, 7) is 4.80. The molecule has 0 spiro atoms. The lowest BCUT2D eigenvalue weighted by molar-refractivity contribution is 0.409. The topological polar surface area (TPSA) is 56.0 Å². The Morgan fingerprint density at radius 3 is 2.52 bits per heavy atom. The summed E-state index contributed by atoms with van der Waals surface area (Å²) in [5.41, 5.74) is 0.133. The van der Waals surface area contributed by atoms with E-state index < -0.39 is 0 Å². The van der Waals surface area contributed by atoms with Gasteiger partial charge in [0, 0.05) is 43.3 Å². The zero-order valence-electron chi connectivity index (χ0n) is 12.8. The molecule has 0 bridgehead atoms. The fraction of sp³-hybridized carbons (Fsp3) is 0.467. The van der Waals surface area contributed by atoms with Crippen molar-refractivity contribution >= 4 is 11.3 Å². The average Bonchev–Trinajstić information content (AvgIpc) is 2.95. The molecule has 1 unspecified atom stereocenters. The SMILES string of the molecule is CC(C)C(NCc1cc(=O)n(C)c(=O)n1C)c1cccs1. The lowest BCUT2D eigenvalue weighted by atomic mass is 10.0. The van der Waals surface area contributed by atoms with Gasteiger partial charge in [0.2, 0.25) is 0 Å². The molecular formula is C15H21N3O2S. The van der Waals surface area contributed by atoms with Crippen LogP contribution in [0, 0.1) is 5.92 Å². The Morgan fingerprint density at radius 1 is 1.24 bits per heavy atom. The highest BCUT2D eigenvalue weighted by Gasteiger charge is 2.17. The van der Waals surface area contributed by atoms with Gasteiger partial charge in [0.1, 0.15) is 0 Å². The minimum atomic E-state index is -0.295. The largest absolute Gasteiger partial charge is 0.330 e. The molecule has 2 heterocycles. The Morgan fingerprint density at radius 2 is 1.95 bits per heavy atom. The van der Waals surface area contributed by atoms with Crippen molar-refractivity contribution in [2.24, 2.45) is 20.0 Å². The van der Waals surface area contributed by atoms with Crippen molar-refractivity contribution in [3.63, 3.8) is 0 Å². The molecule has 0 amide bonds. The first kappa shape index (κ1) is 15.7. The second-order valence-electron chi connectivity index (χ2n) is 5.49. The molecule has 1 N–H and O–H groups in total. The van der Waals surface area contributed by atoms with Crippen LogP contribution >= 0.6 is 11.3 Å². The number of thiophene rings is 1. The minimum absolute atomic E-state index is 0.212. The van der Waals surface area contributed by atoms with Crippen molar-refractivity contribution in [1.82, 2.24) is 14.5 Å². The molecule has 114 valence electrons. The maximum absolute atomic E-state index is 11.9. The lowest BCUT2D eigenvalue weighted by Crippen LogP contribution is -2.39. The highest BCUT2D eigenvalue weighted by Crippen LogP contribution is 2.25. The van der Waals surface area contributed by atoms with Gasteiger partial charge in [-0.15, -0.1) is 11.3 Å². The van der Waals surface area contributed by atoms with E-state index in [-0.39, 0.29) is 17.3 Å². The van der Waals surface area contributed by atoms with Crippen molar-refractivity contribution < 1.29 is 0 Å². The molecule has 5 nitrogen and oxygen atoms in total. The molecule has 0 aliphatic heterocycles. The molecule has 0 radical (unpaired) electrons. The Labute approximate surface area is 127 Å². The van der Waals surface area contributed by atoms with Gasteiger partial charge in [0.15, 0.2) is 0 Å². The standard InChI is InChI=1S/C15H21N3O2S/c1-10(2)14(12-6-5-7-21-12)16-9-11-8-13(19)18(4)15(20)17(11)3/h5-8,10,14,16H,9H2,1-4H3. The van der Waals surface area contributed by atoms with Crippen molar-refractivity contribution in [2.75, 3.05) is 0 Å². The summed E-state index contributed by atoms with van der Waals surface area (Å²) < 4.78 is 2.63. The van der Waals surface area contributed by atoms with Crippen LogP contribution in [-0.4, -0.2) is 9.13 Å². The molecule has 21 heavy (non-hydrogen) atoms. The Bertz CT molecular complexity index is 714. The lowest BCUT2D eigenvalue weighted by Gasteiger charge is -2.22. The van der Waals surface area contributed by atoms with Crippen LogP contribution in [0.3, 0.4) is 0 Å².